The van der Waals surface area contributed by atoms with E-state index in [-0.39, 0.29) is 12.5 Å². The van der Waals surface area contributed by atoms with E-state index in [1.54, 1.807) is 0 Å². The Kier molecular flexibility index (Phi) is 4.52. The van der Waals surface area contributed by atoms with Crippen molar-refractivity contribution in [1.82, 2.24) is 4.90 Å². The van der Waals surface area contributed by atoms with Crippen LogP contribution >= 0.6 is 0 Å². The fourth-order valence-corrected chi connectivity index (χ4v) is 2.05. The highest BCUT2D eigenvalue weighted by atomic mass is 16.6. The standard InChI is InChI=1S/C14H18N2O3/c15-12-8-4-5-9-16(13(12)17)14(18)19-10-11-6-2-1-3-7-11/h1-3,6-7,12H,4-5,8-10,15H2. The van der Waals surface area contributed by atoms with Crippen molar-refractivity contribution in [2.24, 2.45) is 5.73 Å². The molecular formula is C14H18N2O3. The fourth-order valence-electron chi connectivity index (χ4n) is 2.05. The monoisotopic (exact) mass is 262 g/mol. The van der Waals surface area contributed by atoms with E-state index in [0.717, 1.165) is 23.3 Å². The second kappa shape index (κ2) is 6.33. The normalized spacial score (nSPS) is 19.9. The lowest BCUT2D eigenvalue weighted by molar-refractivity contribution is -0.130. The van der Waals surface area contributed by atoms with Gasteiger partial charge in [-0.3, -0.25) is 4.79 Å². The van der Waals surface area contributed by atoms with E-state index in [2.05, 4.69) is 0 Å². The zero-order valence-corrected chi connectivity index (χ0v) is 10.7. The van der Waals surface area contributed by atoms with Gasteiger partial charge in [0.2, 0.25) is 5.91 Å². The van der Waals surface area contributed by atoms with Crippen molar-refractivity contribution in [3.8, 4) is 0 Å². The third-order valence-corrected chi connectivity index (χ3v) is 3.16. The summed E-state index contributed by atoms with van der Waals surface area (Å²) in [6.45, 7) is 0.554. The van der Waals surface area contributed by atoms with Crippen LogP contribution in [0.5, 0.6) is 0 Å². The summed E-state index contributed by atoms with van der Waals surface area (Å²) < 4.78 is 5.15. The average Bonchev–Trinajstić information content (AvgIpc) is 2.60. The van der Waals surface area contributed by atoms with Gasteiger partial charge in [0, 0.05) is 6.54 Å². The fraction of sp³-hybridized carbons (Fsp3) is 0.429. The zero-order valence-electron chi connectivity index (χ0n) is 10.7. The molecule has 2 N–H and O–H groups in total. The molecule has 5 heteroatoms. The predicted octanol–water partition coefficient (Wildman–Crippen LogP) is 1.66. The van der Waals surface area contributed by atoms with E-state index in [1.165, 1.54) is 0 Å². The van der Waals surface area contributed by atoms with E-state index < -0.39 is 12.1 Å². The Morgan fingerprint density at radius 2 is 2.05 bits per heavy atom. The summed E-state index contributed by atoms with van der Waals surface area (Å²) in [6, 6.07) is 8.77. The van der Waals surface area contributed by atoms with Crippen LogP contribution in [0, 0.1) is 0 Å². The lowest BCUT2D eigenvalue weighted by Gasteiger charge is -2.20. The van der Waals surface area contributed by atoms with Crippen molar-refractivity contribution in [1.29, 1.82) is 0 Å². The molecule has 1 fully saturated rings. The average molecular weight is 262 g/mol. The maximum absolute atomic E-state index is 11.9. The van der Waals surface area contributed by atoms with Gasteiger partial charge in [-0.25, -0.2) is 9.69 Å². The molecule has 102 valence electrons. The Hall–Kier alpha value is -1.88. The van der Waals surface area contributed by atoms with Crippen molar-refractivity contribution >= 4 is 12.0 Å². The number of hydrogen-bond donors (Lipinski definition) is 1. The number of benzene rings is 1. The number of amides is 2. The Balaban J connectivity index is 1.93. The number of imide groups is 1. The molecule has 1 unspecified atom stereocenters. The quantitative estimate of drug-likeness (QED) is 0.879. The third kappa shape index (κ3) is 3.54. The molecule has 1 aromatic carbocycles. The predicted molar refractivity (Wildman–Crippen MR) is 70.2 cm³/mol. The first kappa shape index (κ1) is 13.5. The number of hydrogen-bond acceptors (Lipinski definition) is 4. The van der Waals surface area contributed by atoms with E-state index in [1.807, 2.05) is 30.3 Å². The van der Waals surface area contributed by atoms with Crippen LogP contribution in [-0.2, 0) is 16.1 Å². The summed E-state index contributed by atoms with van der Waals surface area (Å²) >= 11 is 0. The number of carbonyl (C=O) groups excluding carboxylic acids is 2. The summed E-state index contributed by atoms with van der Waals surface area (Å²) in [4.78, 5) is 24.9. The molecular weight excluding hydrogens is 244 g/mol. The Morgan fingerprint density at radius 1 is 1.32 bits per heavy atom. The minimum Gasteiger partial charge on any atom is -0.444 e. The van der Waals surface area contributed by atoms with Crippen LogP contribution in [0.25, 0.3) is 0 Å². The molecule has 1 atom stereocenters. The van der Waals surface area contributed by atoms with Gasteiger partial charge >= 0.3 is 6.09 Å². The van der Waals surface area contributed by atoms with Gasteiger partial charge in [0.05, 0.1) is 6.04 Å². The number of carbonyl (C=O) groups is 2. The smallest absolute Gasteiger partial charge is 0.416 e. The van der Waals surface area contributed by atoms with Gasteiger partial charge in [-0.15, -0.1) is 0 Å². The van der Waals surface area contributed by atoms with E-state index in [9.17, 15) is 9.59 Å². The molecule has 1 saturated heterocycles. The van der Waals surface area contributed by atoms with Crippen LogP contribution in [0.4, 0.5) is 4.79 Å². The molecule has 0 aromatic heterocycles. The molecule has 5 nitrogen and oxygen atoms in total. The van der Waals surface area contributed by atoms with Crippen LogP contribution in [0.3, 0.4) is 0 Å². The Bertz CT molecular complexity index is 447. The van der Waals surface area contributed by atoms with Crippen LogP contribution in [0.2, 0.25) is 0 Å². The summed E-state index contributed by atoms with van der Waals surface area (Å²) in [7, 11) is 0. The molecule has 0 bridgehead atoms. The lowest BCUT2D eigenvalue weighted by Crippen LogP contribution is -2.45. The van der Waals surface area contributed by atoms with Crippen LogP contribution in [-0.4, -0.2) is 29.5 Å². The summed E-state index contributed by atoms with van der Waals surface area (Å²) in [5.74, 6) is -0.337. The minimum absolute atomic E-state index is 0.165. The van der Waals surface area contributed by atoms with Crippen LogP contribution in [0.1, 0.15) is 24.8 Å². The number of rotatable bonds is 2. The third-order valence-electron chi connectivity index (χ3n) is 3.16. The van der Waals surface area contributed by atoms with Gasteiger partial charge < -0.3 is 10.5 Å². The second-order valence-corrected chi connectivity index (χ2v) is 4.63. The number of nitrogens with zero attached hydrogens (tertiary/aromatic N) is 1. The van der Waals surface area contributed by atoms with Gasteiger partial charge in [-0.1, -0.05) is 30.3 Å². The molecule has 2 rings (SSSR count). The summed E-state index contributed by atoms with van der Waals surface area (Å²) in [5, 5.41) is 0. The van der Waals surface area contributed by atoms with Crippen molar-refractivity contribution in [2.75, 3.05) is 6.54 Å². The SMILES string of the molecule is NC1CCCCN(C(=O)OCc2ccccc2)C1=O. The first-order chi connectivity index (χ1) is 9.18. The maximum Gasteiger partial charge on any atom is 0.416 e. The van der Waals surface area contributed by atoms with Crippen molar-refractivity contribution in [2.45, 2.75) is 31.9 Å². The van der Waals surface area contributed by atoms with Gasteiger partial charge in [-0.2, -0.15) is 0 Å². The van der Waals surface area contributed by atoms with Crippen molar-refractivity contribution < 1.29 is 14.3 Å². The Morgan fingerprint density at radius 3 is 2.79 bits per heavy atom. The lowest BCUT2D eigenvalue weighted by atomic mass is 10.1. The maximum atomic E-state index is 11.9. The molecule has 0 saturated carbocycles. The van der Waals surface area contributed by atoms with Gasteiger partial charge in [-0.05, 0) is 24.8 Å². The molecule has 0 spiro atoms. The van der Waals surface area contributed by atoms with Crippen LogP contribution in [0.15, 0.2) is 30.3 Å². The molecule has 1 aliphatic heterocycles. The topological polar surface area (TPSA) is 72.6 Å². The van der Waals surface area contributed by atoms with E-state index in [0.29, 0.717) is 13.0 Å². The summed E-state index contributed by atoms with van der Waals surface area (Å²) in [6.07, 6.45) is 1.66. The van der Waals surface area contributed by atoms with E-state index in [4.69, 9.17) is 10.5 Å². The highest BCUT2D eigenvalue weighted by Crippen LogP contribution is 2.12. The second-order valence-electron chi connectivity index (χ2n) is 4.63. The molecule has 19 heavy (non-hydrogen) atoms. The highest BCUT2D eigenvalue weighted by molar-refractivity contribution is 5.95. The number of nitrogens with two attached hydrogens (primary N) is 1. The zero-order chi connectivity index (χ0) is 13.7. The number of ether oxygens (including phenoxy) is 1. The number of likely N-dealkylation sites (tertiary alicyclic amines) is 1. The molecule has 1 aromatic rings. The largest absolute Gasteiger partial charge is 0.444 e. The summed E-state index contributed by atoms with van der Waals surface area (Å²) in [5.41, 5.74) is 6.61. The molecule has 1 heterocycles. The van der Waals surface area contributed by atoms with E-state index >= 15 is 0 Å². The first-order valence-corrected chi connectivity index (χ1v) is 6.46. The van der Waals surface area contributed by atoms with Crippen molar-refractivity contribution in [3.05, 3.63) is 35.9 Å². The molecule has 2 amide bonds. The molecule has 0 aliphatic carbocycles. The minimum atomic E-state index is -0.605. The van der Waals surface area contributed by atoms with Crippen LogP contribution < -0.4 is 5.73 Å². The molecule has 1 aliphatic rings. The highest BCUT2D eigenvalue weighted by Gasteiger charge is 2.29. The van der Waals surface area contributed by atoms with Gasteiger partial charge in [0.15, 0.2) is 0 Å². The van der Waals surface area contributed by atoms with Gasteiger partial charge in [0.25, 0.3) is 0 Å². The first-order valence-electron chi connectivity index (χ1n) is 6.46. The Labute approximate surface area is 112 Å². The van der Waals surface area contributed by atoms with Gasteiger partial charge in [0.1, 0.15) is 6.61 Å². The molecule has 0 radical (unpaired) electrons. The van der Waals surface area contributed by atoms with Crippen molar-refractivity contribution in [3.63, 3.8) is 0 Å².